The maximum atomic E-state index is 1.93. The molecule has 0 unspecified atom stereocenters. The minimum absolute atomic E-state index is 1.07. The van der Waals surface area contributed by atoms with Gasteiger partial charge in [-0.05, 0) is 43.9 Å². The molecule has 3 rings (SSSR count). The van der Waals surface area contributed by atoms with E-state index in [0.717, 1.165) is 5.92 Å². The lowest BCUT2D eigenvalue weighted by atomic mass is 9.78. The largest absolute Gasteiger partial charge is 0.0533 e. The van der Waals surface area contributed by atoms with Crippen molar-refractivity contribution in [2.45, 2.75) is 173 Å². The first-order chi connectivity index (χ1) is 14.4. The Hall–Kier alpha value is 0. The average molecular weight is 404 g/mol. The third-order valence-corrected chi connectivity index (χ3v) is 7.95. The van der Waals surface area contributed by atoms with Crippen LogP contribution in [0.15, 0.2) is 0 Å². The minimum atomic E-state index is 1.07. The van der Waals surface area contributed by atoms with Crippen LogP contribution < -0.4 is 0 Å². The monoisotopic (exact) mass is 403 g/mol. The van der Waals surface area contributed by atoms with E-state index in [0.29, 0.717) is 0 Å². The molecule has 0 aromatic carbocycles. The lowest BCUT2D eigenvalue weighted by Gasteiger charge is -2.28. The van der Waals surface area contributed by atoms with Crippen molar-refractivity contribution in [3.63, 3.8) is 0 Å². The molecule has 0 N–H and O–H groups in total. The van der Waals surface area contributed by atoms with Crippen LogP contribution in [0.1, 0.15) is 173 Å². The summed E-state index contributed by atoms with van der Waals surface area (Å²) in [5.74, 6) is 3.00. The summed E-state index contributed by atoms with van der Waals surface area (Å²) in [5.41, 5.74) is 0. The fraction of sp³-hybridized carbons (Fsp3) is 0.966. The molecule has 2 bridgehead atoms. The first kappa shape index (κ1) is 25.3. The van der Waals surface area contributed by atoms with Crippen LogP contribution in [0.25, 0.3) is 0 Å². The molecule has 171 valence electrons. The standard InChI is InChI=1S/C29H55/c1-2-4-6-8-10-12-14-16-18-20-22-28-24-26-29(27-25-28)23-21-19-17-15-13-11-9-7-5-3-1/h28H,1-27H2. The molecular weight excluding hydrogens is 348 g/mol. The van der Waals surface area contributed by atoms with E-state index in [9.17, 15) is 0 Å². The van der Waals surface area contributed by atoms with Gasteiger partial charge in [-0.25, -0.2) is 0 Å². The second kappa shape index (κ2) is 18.7. The van der Waals surface area contributed by atoms with Crippen LogP contribution in [0.5, 0.6) is 0 Å². The fourth-order valence-corrected chi connectivity index (χ4v) is 5.79. The van der Waals surface area contributed by atoms with E-state index in [-0.39, 0.29) is 0 Å². The molecule has 1 radical (unpaired) electrons. The third kappa shape index (κ3) is 14.6. The van der Waals surface area contributed by atoms with Gasteiger partial charge in [-0.3, -0.25) is 0 Å². The number of rotatable bonds is 0. The molecule has 0 atom stereocenters. The molecule has 0 aromatic heterocycles. The van der Waals surface area contributed by atoms with Gasteiger partial charge in [-0.1, -0.05) is 141 Å². The molecule has 0 amide bonds. The Bertz CT molecular complexity index is 287. The summed E-state index contributed by atoms with van der Waals surface area (Å²) < 4.78 is 0. The zero-order valence-electron chi connectivity index (χ0n) is 20.2. The Morgan fingerprint density at radius 2 is 0.586 bits per heavy atom. The Balaban J connectivity index is 1.54. The van der Waals surface area contributed by atoms with Gasteiger partial charge in [0.25, 0.3) is 0 Å². The molecular formula is C29H55. The van der Waals surface area contributed by atoms with Gasteiger partial charge in [0.15, 0.2) is 0 Å². The van der Waals surface area contributed by atoms with E-state index in [4.69, 9.17) is 0 Å². The lowest BCUT2D eigenvalue weighted by molar-refractivity contribution is 0.333. The van der Waals surface area contributed by atoms with Crippen molar-refractivity contribution in [3.8, 4) is 0 Å². The van der Waals surface area contributed by atoms with Crippen molar-refractivity contribution in [1.82, 2.24) is 0 Å². The quantitative estimate of drug-likeness (QED) is 0.377. The Morgan fingerprint density at radius 3 is 0.966 bits per heavy atom. The maximum absolute atomic E-state index is 1.93. The Morgan fingerprint density at radius 1 is 0.276 bits per heavy atom. The van der Waals surface area contributed by atoms with E-state index in [2.05, 4.69) is 0 Å². The second-order valence-corrected chi connectivity index (χ2v) is 10.7. The summed E-state index contributed by atoms with van der Waals surface area (Å²) in [6.07, 6.45) is 40.5. The third-order valence-electron chi connectivity index (χ3n) is 7.95. The van der Waals surface area contributed by atoms with E-state index in [1.807, 2.05) is 5.92 Å². The first-order valence-corrected chi connectivity index (χ1v) is 14.3. The van der Waals surface area contributed by atoms with Gasteiger partial charge in [-0.15, -0.1) is 0 Å². The van der Waals surface area contributed by atoms with Crippen molar-refractivity contribution < 1.29 is 0 Å². The van der Waals surface area contributed by atoms with Crippen molar-refractivity contribution in [3.05, 3.63) is 5.92 Å². The van der Waals surface area contributed by atoms with Crippen molar-refractivity contribution in [2.75, 3.05) is 0 Å². The first-order valence-electron chi connectivity index (χ1n) is 14.3. The zero-order valence-corrected chi connectivity index (χ0v) is 20.2. The van der Waals surface area contributed by atoms with Crippen LogP contribution in [-0.2, 0) is 0 Å². The van der Waals surface area contributed by atoms with E-state index >= 15 is 0 Å². The highest BCUT2D eigenvalue weighted by atomic mass is 14.3. The lowest BCUT2D eigenvalue weighted by Crippen LogP contribution is -2.13. The molecule has 0 heteroatoms. The molecule has 0 aromatic rings. The van der Waals surface area contributed by atoms with Crippen LogP contribution >= 0.6 is 0 Å². The summed E-state index contributed by atoms with van der Waals surface area (Å²) in [4.78, 5) is 0. The minimum Gasteiger partial charge on any atom is -0.0533 e. The molecule has 3 aliphatic rings. The van der Waals surface area contributed by atoms with Gasteiger partial charge in [0.05, 0.1) is 0 Å². The highest BCUT2D eigenvalue weighted by Gasteiger charge is 2.20. The van der Waals surface area contributed by atoms with Crippen LogP contribution in [-0.4, -0.2) is 0 Å². The number of hydrogen-bond acceptors (Lipinski definition) is 0. The van der Waals surface area contributed by atoms with E-state index < -0.39 is 0 Å². The van der Waals surface area contributed by atoms with E-state index in [1.54, 1.807) is 0 Å². The van der Waals surface area contributed by atoms with Gasteiger partial charge < -0.3 is 0 Å². The molecule has 29 heavy (non-hydrogen) atoms. The highest BCUT2D eigenvalue weighted by Crippen LogP contribution is 2.36. The molecule has 0 nitrogen and oxygen atoms in total. The Kier molecular flexibility index (Phi) is 16.3. The van der Waals surface area contributed by atoms with Crippen molar-refractivity contribution in [1.29, 1.82) is 0 Å². The summed E-state index contributed by atoms with van der Waals surface area (Å²) in [6.45, 7) is 0. The van der Waals surface area contributed by atoms with Gasteiger partial charge in [0, 0.05) is 0 Å². The number of hydrogen-bond donors (Lipinski definition) is 0. The predicted molar refractivity (Wildman–Crippen MR) is 131 cm³/mol. The van der Waals surface area contributed by atoms with Crippen LogP contribution in [0.2, 0.25) is 0 Å². The smallest absolute Gasteiger partial charge is 0.0241 e. The molecule has 3 fully saturated rings. The van der Waals surface area contributed by atoms with Gasteiger partial charge in [-0.2, -0.15) is 0 Å². The molecule has 3 saturated carbocycles. The maximum Gasteiger partial charge on any atom is -0.0241 e. The van der Waals surface area contributed by atoms with Gasteiger partial charge >= 0.3 is 0 Å². The highest BCUT2D eigenvalue weighted by molar-refractivity contribution is 4.94. The van der Waals surface area contributed by atoms with E-state index in [1.165, 1.54) is 173 Å². The van der Waals surface area contributed by atoms with Crippen LogP contribution in [0, 0.1) is 11.8 Å². The summed E-state index contributed by atoms with van der Waals surface area (Å²) >= 11 is 0. The zero-order chi connectivity index (χ0) is 20.2. The topological polar surface area (TPSA) is 0 Å². The van der Waals surface area contributed by atoms with Crippen LogP contribution in [0.4, 0.5) is 0 Å². The van der Waals surface area contributed by atoms with Gasteiger partial charge in [0.2, 0.25) is 0 Å². The second-order valence-electron chi connectivity index (χ2n) is 10.7. The van der Waals surface area contributed by atoms with Gasteiger partial charge in [0.1, 0.15) is 0 Å². The summed E-state index contributed by atoms with van der Waals surface area (Å²) in [6, 6.07) is 0. The summed E-state index contributed by atoms with van der Waals surface area (Å²) in [7, 11) is 0. The van der Waals surface area contributed by atoms with Crippen LogP contribution in [0.3, 0.4) is 0 Å². The summed E-state index contributed by atoms with van der Waals surface area (Å²) in [5, 5.41) is 0. The molecule has 0 saturated heterocycles. The molecule has 0 heterocycles. The van der Waals surface area contributed by atoms with Crippen molar-refractivity contribution in [2.24, 2.45) is 5.92 Å². The SMILES string of the molecule is C1CCCCCCCCCCC[C]2CCC(CCCCCCCCCCC1)CC2. The Labute approximate surface area is 185 Å². The molecule has 3 aliphatic carbocycles. The fourth-order valence-electron chi connectivity index (χ4n) is 5.79. The molecule has 0 spiro atoms. The van der Waals surface area contributed by atoms with Crippen molar-refractivity contribution >= 4 is 0 Å². The predicted octanol–water partition coefficient (Wildman–Crippen LogP) is 10.7. The average Bonchev–Trinajstić information content (AvgIpc) is 2.74. The number of fused-ring (bicyclic) bond motifs is 24. The molecule has 0 aliphatic heterocycles. The normalized spacial score (nSPS) is 26.1.